The van der Waals surface area contributed by atoms with Gasteiger partial charge in [-0.1, -0.05) is 109 Å². The summed E-state index contributed by atoms with van der Waals surface area (Å²) in [6.07, 6.45) is 5.21. The zero-order valence-electron chi connectivity index (χ0n) is 27.2. The molecule has 1 aliphatic carbocycles. The lowest BCUT2D eigenvalue weighted by Gasteiger charge is -2.35. The molecule has 1 N–H and O–H groups in total. The summed E-state index contributed by atoms with van der Waals surface area (Å²) in [4.78, 5) is 30.5. The highest BCUT2D eigenvalue weighted by molar-refractivity contribution is 7.92. The predicted molar refractivity (Wildman–Crippen MR) is 193 cm³/mol. The lowest BCUT2D eigenvalue weighted by Crippen LogP contribution is -2.55. The first kappa shape index (κ1) is 35.5. The molecule has 0 bridgehead atoms. The molecule has 0 saturated heterocycles. The molecular weight excluding hydrogens is 665 g/mol. The van der Waals surface area contributed by atoms with E-state index < -0.39 is 28.5 Å². The first-order valence-corrected chi connectivity index (χ1v) is 18.4. The van der Waals surface area contributed by atoms with Crippen LogP contribution in [0.15, 0.2) is 102 Å². The van der Waals surface area contributed by atoms with E-state index in [1.54, 1.807) is 42.5 Å². The van der Waals surface area contributed by atoms with Gasteiger partial charge in [0.25, 0.3) is 10.0 Å². The molecule has 0 heterocycles. The molecule has 5 rings (SSSR count). The van der Waals surface area contributed by atoms with Crippen LogP contribution in [-0.2, 0) is 32.6 Å². The van der Waals surface area contributed by atoms with Gasteiger partial charge in [0.05, 0.1) is 10.6 Å². The zero-order valence-corrected chi connectivity index (χ0v) is 29.6. The second-order valence-electron chi connectivity index (χ2n) is 12.5. The van der Waals surface area contributed by atoms with Crippen molar-refractivity contribution in [2.24, 2.45) is 0 Å². The van der Waals surface area contributed by atoms with E-state index in [1.165, 1.54) is 17.0 Å². The van der Waals surface area contributed by atoms with E-state index in [9.17, 15) is 18.0 Å². The number of benzene rings is 4. The Morgan fingerprint density at radius 1 is 0.833 bits per heavy atom. The molecule has 1 saturated carbocycles. The molecule has 48 heavy (non-hydrogen) atoms. The van der Waals surface area contributed by atoms with Gasteiger partial charge in [-0.25, -0.2) is 8.42 Å². The summed E-state index contributed by atoms with van der Waals surface area (Å²) in [5.41, 5.74) is 3.55. The normalized spacial score (nSPS) is 14.2. The van der Waals surface area contributed by atoms with Crippen LogP contribution in [0.25, 0.3) is 0 Å². The summed E-state index contributed by atoms with van der Waals surface area (Å²) in [6.45, 7) is 3.21. The van der Waals surface area contributed by atoms with Crippen LogP contribution in [-0.4, -0.2) is 43.8 Å². The van der Waals surface area contributed by atoms with Crippen LogP contribution in [0.4, 0.5) is 5.69 Å². The van der Waals surface area contributed by atoms with Crippen LogP contribution in [0.3, 0.4) is 0 Å². The molecule has 0 aromatic heterocycles. The molecule has 252 valence electrons. The van der Waals surface area contributed by atoms with E-state index in [-0.39, 0.29) is 35.5 Å². The summed E-state index contributed by atoms with van der Waals surface area (Å²) in [5, 5.41) is 4.14. The van der Waals surface area contributed by atoms with E-state index in [2.05, 4.69) is 5.32 Å². The lowest BCUT2D eigenvalue weighted by molar-refractivity contribution is -0.140. The Hall–Kier alpha value is -3.85. The number of sulfonamides is 1. The average Bonchev–Trinajstić information content (AvgIpc) is 3.08. The van der Waals surface area contributed by atoms with Crippen LogP contribution in [0, 0.1) is 13.8 Å². The number of nitrogens with one attached hydrogen (secondary N) is 1. The average molecular weight is 707 g/mol. The van der Waals surface area contributed by atoms with Crippen LogP contribution >= 0.6 is 23.2 Å². The van der Waals surface area contributed by atoms with Gasteiger partial charge in [0.1, 0.15) is 12.6 Å². The summed E-state index contributed by atoms with van der Waals surface area (Å²) in [7, 11) is -4.23. The smallest absolute Gasteiger partial charge is 0.264 e. The summed E-state index contributed by atoms with van der Waals surface area (Å²) >= 11 is 12.7. The first-order valence-electron chi connectivity index (χ1n) is 16.2. The number of carbonyl (C=O) groups is 2. The molecule has 0 unspecified atom stereocenters. The fourth-order valence-corrected chi connectivity index (χ4v) is 7.69. The molecule has 4 aromatic rings. The lowest BCUT2D eigenvalue weighted by atomic mass is 9.94. The topological polar surface area (TPSA) is 86.8 Å². The molecule has 0 spiro atoms. The molecule has 1 aliphatic rings. The third-order valence-corrected chi connectivity index (χ3v) is 11.3. The van der Waals surface area contributed by atoms with Crippen molar-refractivity contribution in [2.75, 3.05) is 10.8 Å². The highest BCUT2D eigenvalue weighted by atomic mass is 35.5. The third kappa shape index (κ3) is 8.98. The SMILES string of the molecule is Cc1ccc(S(=O)(=O)N(CC(=O)N(Cc2ccc(Cl)cc2)[C@H](Cc2ccccc2)C(=O)NC2CCCCC2)c2ccc(C)c(Cl)c2)cc1. The Kier molecular flexibility index (Phi) is 11.8. The highest BCUT2D eigenvalue weighted by Gasteiger charge is 2.35. The minimum atomic E-state index is -4.23. The van der Waals surface area contributed by atoms with Crippen LogP contribution in [0.5, 0.6) is 0 Å². The number of rotatable bonds is 12. The third-order valence-electron chi connectivity index (χ3n) is 8.82. The van der Waals surface area contributed by atoms with Gasteiger partial charge in [0.15, 0.2) is 0 Å². The standard InChI is InChI=1S/C38H41Cl2N3O4S/c1-27-13-21-34(22-14-27)48(46,47)43(33-20-15-28(2)35(40)24-33)26-37(44)42(25-30-16-18-31(39)19-17-30)36(23-29-9-5-3-6-10-29)38(45)41-32-11-7-4-8-12-32/h3,5-6,9-10,13-22,24,32,36H,4,7-8,11-12,23,25-26H2,1-2H3,(H,41,45)/t36-/m1/s1. The van der Waals surface area contributed by atoms with Crippen LogP contribution in [0.1, 0.15) is 54.4 Å². The maximum atomic E-state index is 14.7. The molecule has 1 fully saturated rings. The van der Waals surface area contributed by atoms with Gasteiger partial charge in [0, 0.05) is 29.1 Å². The first-order chi connectivity index (χ1) is 23.0. The van der Waals surface area contributed by atoms with Crippen molar-refractivity contribution in [3.05, 3.63) is 129 Å². The number of carbonyl (C=O) groups excluding carboxylic acids is 2. The maximum absolute atomic E-state index is 14.7. The Morgan fingerprint density at radius 3 is 2.15 bits per heavy atom. The van der Waals surface area contributed by atoms with Gasteiger partial charge in [-0.2, -0.15) is 0 Å². The van der Waals surface area contributed by atoms with Gasteiger partial charge in [-0.05, 0) is 79.8 Å². The predicted octanol–water partition coefficient (Wildman–Crippen LogP) is 7.89. The number of hydrogen-bond donors (Lipinski definition) is 1. The van der Waals surface area contributed by atoms with Gasteiger partial charge in [-0.15, -0.1) is 0 Å². The second kappa shape index (κ2) is 16.0. The van der Waals surface area contributed by atoms with E-state index >= 15 is 0 Å². The van der Waals surface area contributed by atoms with Crippen molar-refractivity contribution in [2.45, 2.75) is 75.9 Å². The molecule has 1 atom stereocenters. The monoisotopic (exact) mass is 705 g/mol. The van der Waals surface area contributed by atoms with Crippen molar-refractivity contribution >= 4 is 50.7 Å². The fraction of sp³-hybridized carbons (Fsp3) is 0.316. The Bertz CT molecular complexity index is 1810. The second-order valence-corrected chi connectivity index (χ2v) is 15.2. The van der Waals surface area contributed by atoms with Crippen LogP contribution in [0.2, 0.25) is 10.0 Å². The van der Waals surface area contributed by atoms with Crippen molar-refractivity contribution < 1.29 is 18.0 Å². The Labute approximate surface area is 293 Å². The van der Waals surface area contributed by atoms with E-state index in [4.69, 9.17) is 23.2 Å². The van der Waals surface area contributed by atoms with Crippen molar-refractivity contribution in [3.8, 4) is 0 Å². The minimum Gasteiger partial charge on any atom is -0.352 e. The Morgan fingerprint density at radius 2 is 1.50 bits per heavy atom. The molecule has 7 nitrogen and oxygen atoms in total. The van der Waals surface area contributed by atoms with E-state index in [0.29, 0.717) is 10.0 Å². The van der Waals surface area contributed by atoms with Gasteiger partial charge in [-0.3, -0.25) is 13.9 Å². The van der Waals surface area contributed by atoms with E-state index in [0.717, 1.165) is 58.7 Å². The van der Waals surface area contributed by atoms with Crippen molar-refractivity contribution in [1.82, 2.24) is 10.2 Å². The molecular formula is C38H41Cl2N3O4S. The quantitative estimate of drug-likeness (QED) is 0.162. The number of anilines is 1. The largest absolute Gasteiger partial charge is 0.352 e. The minimum absolute atomic E-state index is 0.0186. The molecule has 0 radical (unpaired) electrons. The van der Waals surface area contributed by atoms with Gasteiger partial charge in [0.2, 0.25) is 11.8 Å². The molecule has 2 amide bonds. The van der Waals surface area contributed by atoms with Gasteiger partial charge < -0.3 is 10.2 Å². The number of aryl methyl sites for hydroxylation is 2. The maximum Gasteiger partial charge on any atom is 0.264 e. The molecule has 4 aromatic carbocycles. The molecule has 0 aliphatic heterocycles. The number of nitrogens with zero attached hydrogens (tertiary/aromatic N) is 2. The van der Waals surface area contributed by atoms with Crippen LogP contribution < -0.4 is 9.62 Å². The summed E-state index contributed by atoms with van der Waals surface area (Å²) in [5.74, 6) is -0.795. The fourth-order valence-electron chi connectivity index (χ4n) is 5.99. The number of amides is 2. The molecule has 10 heteroatoms. The van der Waals surface area contributed by atoms with Crippen molar-refractivity contribution in [1.29, 1.82) is 0 Å². The number of halogens is 2. The summed E-state index contributed by atoms with van der Waals surface area (Å²) in [6, 6.07) is 27.1. The Balaban J connectivity index is 1.57. The van der Waals surface area contributed by atoms with Gasteiger partial charge >= 0.3 is 0 Å². The summed E-state index contributed by atoms with van der Waals surface area (Å²) < 4.78 is 29.6. The number of hydrogen-bond acceptors (Lipinski definition) is 4. The van der Waals surface area contributed by atoms with E-state index in [1.807, 2.05) is 56.3 Å². The van der Waals surface area contributed by atoms with Crippen molar-refractivity contribution in [3.63, 3.8) is 0 Å². The highest BCUT2D eigenvalue weighted by Crippen LogP contribution is 2.29. The zero-order chi connectivity index (χ0) is 34.3.